The number of hydrogen-bond acceptors (Lipinski definition) is 8. The summed E-state index contributed by atoms with van der Waals surface area (Å²) in [6, 6.07) is 3.29. The molecule has 1 aliphatic carbocycles. The average Bonchev–Trinajstić information content (AvgIpc) is 3.63. The number of allylic oxidation sites excluding steroid dienone is 2. The number of esters is 2. The minimum absolute atomic E-state index is 0.00839. The van der Waals surface area contributed by atoms with Crippen LogP contribution in [0, 0.1) is 5.92 Å². The van der Waals surface area contributed by atoms with E-state index in [2.05, 4.69) is 0 Å². The van der Waals surface area contributed by atoms with Crippen LogP contribution in [0.15, 0.2) is 47.8 Å². The van der Waals surface area contributed by atoms with E-state index >= 15 is 0 Å². The number of fused-ring (bicyclic) bond motifs is 1. The predicted octanol–water partition coefficient (Wildman–Crippen LogP) is 2.54. The van der Waals surface area contributed by atoms with E-state index in [0.29, 0.717) is 36.0 Å². The molecule has 1 aromatic rings. The summed E-state index contributed by atoms with van der Waals surface area (Å²) in [5.74, 6) is -0.623. The van der Waals surface area contributed by atoms with Crippen molar-refractivity contribution in [2.75, 3.05) is 32.3 Å². The molecule has 8 nitrogen and oxygen atoms in total. The van der Waals surface area contributed by atoms with E-state index in [0.717, 1.165) is 12.8 Å². The van der Waals surface area contributed by atoms with Gasteiger partial charge in [0.2, 0.25) is 0 Å². The summed E-state index contributed by atoms with van der Waals surface area (Å²) >= 11 is 0. The summed E-state index contributed by atoms with van der Waals surface area (Å²) in [4.78, 5) is 39.6. The fourth-order valence-corrected chi connectivity index (χ4v) is 3.39. The third-order valence-corrected chi connectivity index (χ3v) is 5.02. The highest BCUT2D eigenvalue weighted by atomic mass is 16.6. The minimum atomic E-state index is -0.744. The highest BCUT2D eigenvalue weighted by molar-refractivity contribution is 6.09. The number of carbonyl (C=O) groups is 3. The Kier molecular flexibility index (Phi) is 5.31. The van der Waals surface area contributed by atoms with Crippen LogP contribution in [0.4, 0.5) is 5.69 Å². The van der Waals surface area contributed by atoms with Gasteiger partial charge in [-0.1, -0.05) is 6.08 Å². The lowest BCUT2D eigenvalue weighted by molar-refractivity contribution is -0.139. The average molecular weight is 411 g/mol. The normalized spacial score (nSPS) is 17.5. The van der Waals surface area contributed by atoms with Gasteiger partial charge in [0, 0.05) is 23.7 Å². The number of ketones is 1. The van der Waals surface area contributed by atoms with Crippen LogP contribution in [-0.2, 0) is 19.1 Å². The molecular weight excluding hydrogens is 390 g/mol. The number of nitrogens with zero attached hydrogens (tertiary/aromatic N) is 1. The summed E-state index contributed by atoms with van der Waals surface area (Å²) in [6.45, 7) is 0.754. The van der Waals surface area contributed by atoms with E-state index in [-0.39, 0.29) is 23.0 Å². The molecule has 0 amide bonds. The van der Waals surface area contributed by atoms with Gasteiger partial charge in [-0.05, 0) is 31.1 Å². The zero-order valence-electron chi connectivity index (χ0n) is 16.7. The van der Waals surface area contributed by atoms with E-state index in [1.807, 2.05) is 0 Å². The lowest BCUT2D eigenvalue weighted by Crippen LogP contribution is -2.28. The van der Waals surface area contributed by atoms with Gasteiger partial charge in [0.1, 0.15) is 18.9 Å². The third kappa shape index (κ3) is 3.56. The standard InChI is InChI=1S/C22H21NO7/c1-27-21(25)14-5-3-4-8-23(19(14)22(26)28-2)16-12-18-17(29-9-10-30-18)11-15(16)20(24)13-6-7-13/h3-5,8,11-13H,6-7,9-10H2,1-2H3. The van der Waals surface area contributed by atoms with E-state index in [4.69, 9.17) is 18.9 Å². The van der Waals surface area contributed by atoms with Crippen LogP contribution < -0.4 is 14.4 Å². The van der Waals surface area contributed by atoms with Crippen LogP contribution in [0.25, 0.3) is 0 Å². The summed E-state index contributed by atoms with van der Waals surface area (Å²) in [7, 11) is 2.45. The summed E-state index contributed by atoms with van der Waals surface area (Å²) < 4.78 is 21.1. The van der Waals surface area contributed by atoms with Crippen molar-refractivity contribution in [1.82, 2.24) is 0 Å². The Morgan fingerprint density at radius 1 is 0.967 bits per heavy atom. The Bertz CT molecular complexity index is 1000. The van der Waals surface area contributed by atoms with Crippen LogP contribution in [0.1, 0.15) is 23.2 Å². The van der Waals surface area contributed by atoms with Crippen molar-refractivity contribution >= 4 is 23.4 Å². The zero-order valence-corrected chi connectivity index (χ0v) is 16.7. The smallest absolute Gasteiger partial charge is 0.355 e. The Hall–Kier alpha value is -3.55. The van der Waals surface area contributed by atoms with Crippen LogP contribution in [0.3, 0.4) is 0 Å². The van der Waals surface area contributed by atoms with Crippen LogP contribution in [-0.4, -0.2) is 45.2 Å². The Morgan fingerprint density at radius 2 is 1.63 bits per heavy atom. The van der Waals surface area contributed by atoms with Crippen molar-refractivity contribution in [1.29, 1.82) is 0 Å². The number of carbonyl (C=O) groups excluding carboxylic acids is 3. The van der Waals surface area contributed by atoms with Crippen molar-refractivity contribution in [3.05, 3.63) is 53.4 Å². The topological polar surface area (TPSA) is 91.4 Å². The van der Waals surface area contributed by atoms with Gasteiger partial charge in [0.25, 0.3) is 0 Å². The summed E-state index contributed by atoms with van der Waals surface area (Å²) in [5.41, 5.74) is 0.738. The molecule has 0 bridgehead atoms. The lowest BCUT2D eigenvalue weighted by atomic mass is 10.0. The van der Waals surface area contributed by atoms with Crippen LogP contribution >= 0.6 is 0 Å². The molecule has 0 unspecified atom stereocenters. The van der Waals surface area contributed by atoms with Crippen molar-refractivity contribution < 1.29 is 33.3 Å². The molecule has 156 valence electrons. The number of ether oxygens (including phenoxy) is 4. The maximum atomic E-state index is 13.1. The first-order valence-electron chi connectivity index (χ1n) is 9.58. The number of Topliss-reactive ketones (excluding diaryl/α,β-unsaturated/α-hetero) is 1. The van der Waals surface area contributed by atoms with Gasteiger partial charge < -0.3 is 23.8 Å². The first kappa shape index (κ1) is 19.8. The maximum absolute atomic E-state index is 13.1. The van der Waals surface area contributed by atoms with Gasteiger partial charge >= 0.3 is 11.9 Å². The number of rotatable bonds is 5. The molecule has 0 aromatic heterocycles. The van der Waals surface area contributed by atoms with Gasteiger partial charge in [0.05, 0.1) is 25.5 Å². The Balaban J connectivity index is 1.93. The fourth-order valence-electron chi connectivity index (χ4n) is 3.39. The SMILES string of the molecule is COC(=O)C1=C(C(=O)OC)N(c2cc3c(cc2C(=O)C2CC2)OCCO3)C=CC=C1. The van der Waals surface area contributed by atoms with E-state index < -0.39 is 11.9 Å². The van der Waals surface area contributed by atoms with Gasteiger partial charge in [-0.15, -0.1) is 0 Å². The minimum Gasteiger partial charge on any atom is -0.486 e. The highest BCUT2D eigenvalue weighted by Gasteiger charge is 2.36. The quantitative estimate of drug-likeness (QED) is 0.539. The molecule has 1 fully saturated rings. The molecule has 1 saturated carbocycles. The molecule has 2 heterocycles. The molecule has 0 saturated heterocycles. The Morgan fingerprint density at radius 3 is 2.27 bits per heavy atom. The zero-order chi connectivity index (χ0) is 21.3. The fraction of sp³-hybridized carbons (Fsp3) is 0.318. The van der Waals surface area contributed by atoms with Gasteiger partial charge in [-0.2, -0.15) is 0 Å². The molecular formula is C22H21NO7. The first-order chi connectivity index (χ1) is 14.5. The second kappa shape index (κ2) is 8.06. The predicted molar refractivity (Wildman–Crippen MR) is 106 cm³/mol. The molecule has 4 rings (SSSR count). The maximum Gasteiger partial charge on any atom is 0.355 e. The van der Waals surface area contributed by atoms with E-state index in [9.17, 15) is 14.4 Å². The number of anilines is 1. The van der Waals surface area contributed by atoms with Gasteiger partial charge in [-0.25, -0.2) is 9.59 Å². The molecule has 2 aliphatic heterocycles. The summed E-state index contributed by atoms with van der Waals surface area (Å²) in [6.07, 6.45) is 7.95. The van der Waals surface area contributed by atoms with Crippen molar-refractivity contribution in [3.63, 3.8) is 0 Å². The summed E-state index contributed by atoms with van der Waals surface area (Å²) in [5, 5.41) is 0. The molecule has 30 heavy (non-hydrogen) atoms. The van der Waals surface area contributed by atoms with Crippen molar-refractivity contribution in [2.24, 2.45) is 5.92 Å². The van der Waals surface area contributed by atoms with Crippen LogP contribution in [0.5, 0.6) is 11.5 Å². The lowest BCUT2D eigenvalue weighted by Gasteiger charge is -2.27. The third-order valence-electron chi connectivity index (χ3n) is 5.02. The second-order valence-electron chi connectivity index (χ2n) is 6.97. The van der Waals surface area contributed by atoms with Crippen molar-refractivity contribution in [3.8, 4) is 11.5 Å². The van der Waals surface area contributed by atoms with Crippen LogP contribution in [0.2, 0.25) is 0 Å². The van der Waals surface area contributed by atoms with E-state index in [1.54, 1.807) is 30.5 Å². The molecule has 1 aromatic carbocycles. The molecule has 0 radical (unpaired) electrons. The van der Waals surface area contributed by atoms with E-state index in [1.165, 1.54) is 25.2 Å². The second-order valence-corrected chi connectivity index (χ2v) is 6.97. The number of benzene rings is 1. The number of hydrogen-bond donors (Lipinski definition) is 0. The number of methoxy groups -OCH3 is 2. The van der Waals surface area contributed by atoms with Crippen molar-refractivity contribution in [2.45, 2.75) is 12.8 Å². The molecule has 0 spiro atoms. The van der Waals surface area contributed by atoms with Gasteiger partial charge in [-0.3, -0.25) is 4.79 Å². The monoisotopic (exact) mass is 411 g/mol. The molecule has 8 heteroatoms. The first-order valence-corrected chi connectivity index (χ1v) is 9.58. The molecule has 3 aliphatic rings. The largest absolute Gasteiger partial charge is 0.486 e. The molecule has 0 N–H and O–H groups in total. The Labute approximate surface area is 173 Å². The molecule has 0 atom stereocenters. The highest BCUT2D eigenvalue weighted by Crippen LogP contribution is 2.43. The van der Waals surface area contributed by atoms with Gasteiger partial charge in [0.15, 0.2) is 17.3 Å².